The topological polar surface area (TPSA) is 6.48 Å². The van der Waals surface area contributed by atoms with Gasteiger partial charge in [0, 0.05) is 33.5 Å². The maximum atomic E-state index is 2.52. The summed E-state index contributed by atoms with van der Waals surface area (Å²) in [6.45, 7) is 9.00. The van der Waals surface area contributed by atoms with Gasteiger partial charge in [0.15, 0.2) is 0 Å². The van der Waals surface area contributed by atoms with Crippen LogP contribution in [0.15, 0.2) is 194 Å². The summed E-state index contributed by atoms with van der Waals surface area (Å²) in [5.41, 5.74) is 17.1. The normalized spacial score (nSPS) is 11.5. The van der Waals surface area contributed by atoms with E-state index in [1.165, 1.54) is 111 Å². The van der Waals surface area contributed by atoms with Crippen molar-refractivity contribution in [2.45, 2.75) is 40.5 Å². The maximum absolute atomic E-state index is 2.52. The second-order valence-corrected chi connectivity index (χ2v) is 16.0. The molecule has 10 aromatic carbocycles. The number of hydrogen-bond donors (Lipinski definition) is 0. The minimum atomic E-state index is 0.930. The summed E-state index contributed by atoms with van der Waals surface area (Å²) in [5, 5.41) is 7.54. The van der Waals surface area contributed by atoms with Crippen molar-refractivity contribution in [3.63, 3.8) is 0 Å². The highest BCUT2D eigenvalue weighted by Crippen LogP contribution is 2.50. The van der Waals surface area contributed by atoms with Gasteiger partial charge in [0.05, 0.1) is 11.4 Å². The van der Waals surface area contributed by atoms with Crippen LogP contribution in [0.5, 0.6) is 0 Å². The molecule has 0 saturated carbocycles. The standard InChI is InChI=1S/C58H48N2/c1-5-41-17-13-15-23-51(41)59(55-37-47(27-25-39(55)3)43-19-9-7-10-20-43)53-35-31-45-30-34-50-54(36-32-46-29-33-49(53)57(45)58(46)50)60(52-24-16-14-18-42(52)6-2)56-38-48(28-26-40(56)4)44-21-11-8-12-22-44/h7-38H,5-6H2,1-4H3. The zero-order valence-corrected chi connectivity index (χ0v) is 34.8. The first-order valence-corrected chi connectivity index (χ1v) is 21.3. The predicted octanol–water partition coefficient (Wildman–Crippen LogP) is 16.6. The number of para-hydroxylation sites is 2. The Morgan fingerprint density at radius 1 is 0.317 bits per heavy atom. The van der Waals surface area contributed by atoms with Crippen LogP contribution in [0.4, 0.5) is 34.1 Å². The van der Waals surface area contributed by atoms with E-state index < -0.39 is 0 Å². The van der Waals surface area contributed by atoms with E-state index in [2.05, 4.69) is 232 Å². The number of rotatable bonds is 10. The summed E-state index contributed by atoms with van der Waals surface area (Å²) < 4.78 is 0. The van der Waals surface area contributed by atoms with E-state index >= 15 is 0 Å². The zero-order chi connectivity index (χ0) is 40.7. The highest BCUT2D eigenvalue weighted by molar-refractivity contribution is 6.28. The van der Waals surface area contributed by atoms with Gasteiger partial charge >= 0.3 is 0 Å². The molecule has 0 heterocycles. The summed E-state index contributed by atoms with van der Waals surface area (Å²) in [4.78, 5) is 5.05. The predicted molar refractivity (Wildman–Crippen MR) is 259 cm³/mol. The lowest BCUT2D eigenvalue weighted by molar-refractivity contribution is 1.11. The zero-order valence-electron chi connectivity index (χ0n) is 34.8. The van der Waals surface area contributed by atoms with Crippen molar-refractivity contribution in [3.8, 4) is 22.3 Å². The van der Waals surface area contributed by atoms with Crippen molar-refractivity contribution < 1.29 is 0 Å². The van der Waals surface area contributed by atoms with Gasteiger partial charge in [0.1, 0.15) is 0 Å². The molecule has 0 fully saturated rings. The van der Waals surface area contributed by atoms with Gasteiger partial charge in [-0.1, -0.05) is 172 Å². The smallest absolute Gasteiger partial charge is 0.0540 e. The molecule has 0 amide bonds. The number of benzene rings is 10. The molecule has 0 atom stereocenters. The van der Waals surface area contributed by atoms with Gasteiger partial charge in [-0.25, -0.2) is 0 Å². The summed E-state index contributed by atoms with van der Waals surface area (Å²) in [7, 11) is 0. The largest absolute Gasteiger partial charge is 0.309 e. The van der Waals surface area contributed by atoms with Gasteiger partial charge in [-0.05, 0) is 129 Å². The molecule has 10 aromatic rings. The lowest BCUT2D eigenvalue weighted by atomic mass is 9.91. The van der Waals surface area contributed by atoms with E-state index in [1.807, 2.05) is 0 Å². The number of aryl methyl sites for hydroxylation is 4. The molecule has 0 aliphatic heterocycles. The second kappa shape index (κ2) is 15.5. The first-order chi connectivity index (χ1) is 29.5. The number of anilines is 6. The van der Waals surface area contributed by atoms with Crippen molar-refractivity contribution in [2.24, 2.45) is 0 Å². The summed E-state index contributed by atoms with van der Waals surface area (Å²) in [6, 6.07) is 71.8. The molecule has 2 heteroatoms. The number of hydrogen-bond acceptors (Lipinski definition) is 2. The Bertz CT molecular complexity index is 2930. The van der Waals surface area contributed by atoms with Crippen molar-refractivity contribution in [2.75, 3.05) is 9.80 Å². The Morgan fingerprint density at radius 3 is 1.12 bits per heavy atom. The third kappa shape index (κ3) is 6.37. The molecule has 0 spiro atoms. The minimum Gasteiger partial charge on any atom is -0.309 e. The van der Waals surface area contributed by atoms with E-state index in [0.29, 0.717) is 0 Å². The monoisotopic (exact) mass is 772 g/mol. The van der Waals surface area contributed by atoms with Crippen LogP contribution in [0, 0.1) is 13.8 Å². The average molecular weight is 773 g/mol. The third-order valence-corrected chi connectivity index (χ3v) is 12.4. The van der Waals surface area contributed by atoms with Gasteiger partial charge in [-0.15, -0.1) is 0 Å². The Hall–Kier alpha value is -7.16. The molecule has 10 rings (SSSR count). The molecule has 0 aliphatic rings. The summed E-state index contributed by atoms with van der Waals surface area (Å²) in [5.74, 6) is 0. The van der Waals surface area contributed by atoms with Crippen LogP contribution in [-0.2, 0) is 12.8 Å². The fourth-order valence-electron chi connectivity index (χ4n) is 9.32. The third-order valence-electron chi connectivity index (χ3n) is 12.4. The lowest BCUT2D eigenvalue weighted by Crippen LogP contribution is -2.15. The van der Waals surface area contributed by atoms with Crippen LogP contribution in [-0.4, -0.2) is 0 Å². The van der Waals surface area contributed by atoms with E-state index in [4.69, 9.17) is 0 Å². The molecule has 0 radical (unpaired) electrons. The highest BCUT2D eigenvalue weighted by atomic mass is 15.2. The minimum absolute atomic E-state index is 0.930. The van der Waals surface area contributed by atoms with Crippen LogP contribution in [0.2, 0.25) is 0 Å². The van der Waals surface area contributed by atoms with Crippen LogP contribution in [0.25, 0.3) is 54.6 Å². The molecule has 0 N–H and O–H groups in total. The lowest BCUT2D eigenvalue weighted by Gasteiger charge is -2.32. The van der Waals surface area contributed by atoms with E-state index in [-0.39, 0.29) is 0 Å². The van der Waals surface area contributed by atoms with Crippen LogP contribution in [0.1, 0.15) is 36.1 Å². The molecule has 0 aliphatic carbocycles. The SMILES string of the molecule is CCc1ccccc1N(c1cc(-c2ccccc2)ccc1C)c1ccc2ccc3c(N(c4cc(-c5ccccc5)ccc4C)c4ccccc4CC)ccc4ccc1c2c43. The summed E-state index contributed by atoms with van der Waals surface area (Å²) in [6.07, 6.45) is 1.86. The van der Waals surface area contributed by atoms with Crippen LogP contribution in [0.3, 0.4) is 0 Å². The Balaban J connectivity index is 1.24. The highest BCUT2D eigenvalue weighted by Gasteiger charge is 2.25. The first-order valence-electron chi connectivity index (χ1n) is 21.3. The second-order valence-electron chi connectivity index (χ2n) is 16.0. The average Bonchev–Trinajstić information content (AvgIpc) is 3.31. The molecular weight excluding hydrogens is 725 g/mol. The molecule has 0 aromatic heterocycles. The van der Waals surface area contributed by atoms with Gasteiger partial charge in [-0.2, -0.15) is 0 Å². The molecule has 60 heavy (non-hydrogen) atoms. The van der Waals surface area contributed by atoms with Gasteiger partial charge in [0.2, 0.25) is 0 Å². The van der Waals surface area contributed by atoms with Crippen LogP contribution < -0.4 is 9.80 Å². The van der Waals surface area contributed by atoms with Crippen molar-refractivity contribution in [1.82, 2.24) is 0 Å². The van der Waals surface area contributed by atoms with E-state index in [9.17, 15) is 0 Å². The Kier molecular flexibility index (Phi) is 9.62. The molecular formula is C58H48N2. The van der Waals surface area contributed by atoms with E-state index in [1.54, 1.807) is 0 Å². The molecule has 0 unspecified atom stereocenters. The van der Waals surface area contributed by atoms with Crippen molar-refractivity contribution >= 4 is 66.4 Å². The first kappa shape index (κ1) is 37.1. The molecule has 290 valence electrons. The Labute approximate surface area is 354 Å². The molecule has 2 nitrogen and oxygen atoms in total. The maximum Gasteiger partial charge on any atom is 0.0540 e. The quantitative estimate of drug-likeness (QED) is 0.128. The van der Waals surface area contributed by atoms with Gasteiger partial charge in [0.25, 0.3) is 0 Å². The fourth-order valence-corrected chi connectivity index (χ4v) is 9.32. The summed E-state index contributed by atoms with van der Waals surface area (Å²) >= 11 is 0. The van der Waals surface area contributed by atoms with Gasteiger partial charge in [-0.3, -0.25) is 0 Å². The number of nitrogens with zero attached hydrogens (tertiary/aromatic N) is 2. The van der Waals surface area contributed by atoms with Gasteiger partial charge < -0.3 is 9.80 Å². The molecule has 0 bridgehead atoms. The Morgan fingerprint density at radius 2 is 0.700 bits per heavy atom. The van der Waals surface area contributed by atoms with Crippen LogP contribution >= 0.6 is 0 Å². The fraction of sp³-hybridized carbons (Fsp3) is 0.103. The van der Waals surface area contributed by atoms with Crippen molar-refractivity contribution in [3.05, 3.63) is 216 Å². The van der Waals surface area contributed by atoms with E-state index in [0.717, 1.165) is 12.8 Å². The molecule has 0 saturated heterocycles. The van der Waals surface area contributed by atoms with Crippen molar-refractivity contribution in [1.29, 1.82) is 0 Å².